The molecule has 18 rings (SSSR count). The first kappa shape index (κ1) is 108. The first-order chi connectivity index (χ1) is 61.0. The Bertz CT molecular complexity index is 6550. The van der Waals surface area contributed by atoms with Gasteiger partial charge in [0, 0.05) is 146 Å². The quantitative estimate of drug-likeness (QED) is 0.0270. The SMILES string of the molecule is Br.Br.CCOP(=O)(CC[n+]1ccc(-c2cc[n+](-c3ccc(C4(c5ccc(-[n+]6ccc(-c7cc[n+](CCP(C)(C)=O)cc7)cc6)cc5)c5ccccc5-c5ccccc54)cc3)cc2)cc1)OCC.Cl.Cl.Cl.Cl.Cl.Cl.O=P(O)(O)CC[n+]1ccc(-c2cc[n+](-c3ccc(C4(c5ccc(-[n+]6ccc(-c7cc[n+](CCP(=O)(O)O)cc7)cc6)cc5)c5ccccc5-c5ccccc54)cc3)cc2)cc1. The van der Waals surface area contributed by atoms with Gasteiger partial charge in [0.15, 0.2) is 125 Å². The number of aryl methyl sites for hydroxylation is 4. The molecule has 2 aliphatic rings. The Morgan fingerprint density at radius 1 is 0.254 bits per heavy atom. The summed E-state index contributed by atoms with van der Waals surface area (Å²) in [6.07, 6.45) is 32.8. The number of halogens is 8. The Labute approximate surface area is 841 Å². The van der Waals surface area contributed by atoms with Crippen LogP contribution in [0.5, 0.6) is 0 Å². The number of benzene rings is 8. The summed E-state index contributed by atoms with van der Waals surface area (Å²) in [4.78, 5) is 36.9. The molecule has 0 bridgehead atoms. The predicted molar refractivity (Wildman–Crippen MR) is 554 cm³/mol. The molecule has 692 valence electrons. The van der Waals surface area contributed by atoms with E-state index in [0.29, 0.717) is 32.1 Å². The molecule has 0 atom stereocenters. The maximum absolute atomic E-state index is 13.0. The minimum atomic E-state index is -4.06. The second kappa shape index (κ2) is 46.9. The molecule has 16 aromatic rings. The highest BCUT2D eigenvalue weighted by atomic mass is 79.9. The number of rotatable bonds is 28. The summed E-state index contributed by atoms with van der Waals surface area (Å²) in [6.45, 7) is 9.88. The Morgan fingerprint density at radius 3 is 0.634 bits per heavy atom. The summed E-state index contributed by atoms with van der Waals surface area (Å²) in [7, 11) is -13.3. The maximum atomic E-state index is 13.0. The molecule has 0 amide bonds. The van der Waals surface area contributed by atoms with Crippen molar-refractivity contribution in [3.8, 4) is 89.5 Å². The highest BCUT2D eigenvalue weighted by molar-refractivity contribution is 8.93. The van der Waals surface area contributed by atoms with Crippen LogP contribution in [0.15, 0.2) is 390 Å². The van der Waals surface area contributed by atoms with Crippen LogP contribution in [0.3, 0.4) is 0 Å². The second-order valence-electron chi connectivity index (χ2n) is 32.4. The van der Waals surface area contributed by atoms with Crippen LogP contribution in [0.1, 0.15) is 58.4 Å². The Kier molecular flexibility index (Phi) is 37.8. The zero-order valence-electron chi connectivity index (χ0n) is 73.9. The van der Waals surface area contributed by atoms with E-state index >= 15 is 0 Å². The first-order valence-electron chi connectivity index (χ1n) is 42.4. The maximum Gasteiger partial charge on any atom is 0.337 e. The average Bonchev–Trinajstić information content (AvgIpc) is 1.54. The molecule has 0 unspecified atom stereocenters. The van der Waals surface area contributed by atoms with E-state index in [4.69, 9.17) is 9.05 Å². The topological polar surface area (TPSA) is 199 Å². The van der Waals surface area contributed by atoms with Gasteiger partial charge in [-0.15, -0.1) is 108 Å². The molecule has 30 heteroatoms. The van der Waals surface area contributed by atoms with E-state index in [1.807, 2.05) is 118 Å². The van der Waals surface area contributed by atoms with E-state index in [9.17, 15) is 37.8 Å². The van der Waals surface area contributed by atoms with Crippen molar-refractivity contribution in [2.45, 2.75) is 50.9 Å². The average molecular weight is 2130 g/mol. The Balaban J connectivity index is 0.000000284. The molecule has 0 fully saturated rings. The van der Waals surface area contributed by atoms with Crippen molar-refractivity contribution < 1.29 is 83.4 Å². The Morgan fingerprint density at radius 2 is 0.440 bits per heavy atom. The van der Waals surface area contributed by atoms with E-state index in [1.54, 1.807) is 9.13 Å². The molecular formula is C104H108Br2Cl6N8O10P4+8. The van der Waals surface area contributed by atoms with Gasteiger partial charge in [0.1, 0.15) is 18.5 Å². The van der Waals surface area contributed by atoms with Crippen molar-refractivity contribution in [2.24, 2.45) is 0 Å². The molecule has 0 saturated heterocycles. The lowest BCUT2D eigenvalue weighted by Crippen LogP contribution is -2.34. The summed E-state index contributed by atoms with van der Waals surface area (Å²) in [5.74, 6) is 0. The normalized spacial score (nSPS) is 12.3. The van der Waals surface area contributed by atoms with E-state index in [-0.39, 0.29) is 134 Å². The van der Waals surface area contributed by atoms with Gasteiger partial charge in [-0.2, -0.15) is 18.3 Å². The minimum Gasteiger partial charge on any atom is -0.324 e. The summed E-state index contributed by atoms with van der Waals surface area (Å²) in [5.41, 5.74) is 26.5. The number of hydrogen-bond acceptors (Lipinski definition) is 6. The van der Waals surface area contributed by atoms with Crippen LogP contribution in [0, 0.1) is 0 Å². The zero-order chi connectivity index (χ0) is 87.2. The standard InChI is InChI=1S/C55H56N4O4P2.C49H40N4O6P2.2BrH.6ClH/c1-5-62-65(61,63-6-2)42-40-57-33-25-44(26-34-57)46-29-37-59(38-30-46)50-21-17-48(18-22-50)55(53-13-9-7-11-51(53)52-12-8-10-14-54(52)55)47-15-19-49(20-16-47)58-35-27-45(28-36-58)43-23-31-56(32-24-43)39-41-64(3,4)60;54-60(55,56)35-33-50-25-17-37(18-26-50)39-21-29-52(30-22-39)43-13-9-41(10-14-43)49(47-7-3-1-5-45(47)46-6-2-4-8-48(46)49)42-11-15-44(16-12-42)53-31-23-40(24-32-53)38-19-27-51(28-20-38)34-36-61(57,58)59;;;;;;;;/h7-38H,5-6,39-42H2,1-4H3;1-32H,33-36H2;8*1H/q+4;;;;;;;;;/p+4. The largest absolute Gasteiger partial charge is 0.337 e. The third-order valence-electron chi connectivity index (χ3n) is 24.0. The van der Waals surface area contributed by atoms with Crippen LogP contribution in [-0.4, -0.2) is 70.8 Å². The highest BCUT2D eigenvalue weighted by Crippen LogP contribution is 2.58. The van der Waals surface area contributed by atoms with Crippen molar-refractivity contribution in [2.75, 3.05) is 51.2 Å². The molecular weight excluding hydrogens is 2020 g/mol. The van der Waals surface area contributed by atoms with Gasteiger partial charge in [0.05, 0.1) is 37.3 Å². The van der Waals surface area contributed by atoms with Crippen LogP contribution < -0.4 is 36.5 Å². The van der Waals surface area contributed by atoms with Crippen LogP contribution in [0.4, 0.5) is 0 Å². The lowest BCUT2D eigenvalue weighted by Gasteiger charge is -2.33. The van der Waals surface area contributed by atoms with Gasteiger partial charge in [-0.25, -0.2) is 18.3 Å². The molecule has 8 heterocycles. The van der Waals surface area contributed by atoms with Gasteiger partial charge < -0.3 is 33.2 Å². The number of aromatic nitrogens is 8. The molecule has 2 aliphatic carbocycles. The van der Waals surface area contributed by atoms with E-state index < -0.39 is 40.8 Å². The molecule has 8 aromatic heterocycles. The Hall–Kier alpha value is -9.66. The lowest BCUT2D eigenvalue weighted by molar-refractivity contribution is -0.692. The van der Waals surface area contributed by atoms with E-state index in [0.717, 1.165) is 84.9 Å². The van der Waals surface area contributed by atoms with Gasteiger partial charge in [-0.3, -0.25) is 13.7 Å². The molecule has 0 radical (unpaired) electrons. The molecule has 134 heavy (non-hydrogen) atoms. The zero-order valence-corrected chi connectivity index (χ0v) is 85.8. The van der Waals surface area contributed by atoms with Crippen molar-refractivity contribution in [1.82, 2.24) is 0 Å². The number of fused-ring (bicyclic) bond motifs is 6. The fraction of sp³-hybridized carbons (Fsp3) is 0.154. The van der Waals surface area contributed by atoms with E-state index in [1.165, 1.54) is 55.6 Å². The van der Waals surface area contributed by atoms with Gasteiger partial charge >= 0.3 is 22.8 Å². The molecule has 4 N–H and O–H groups in total. The molecule has 0 aliphatic heterocycles. The molecule has 8 aromatic carbocycles. The van der Waals surface area contributed by atoms with E-state index in [2.05, 4.69) is 327 Å². The fourth-order valence-corrected chi connectivity index (χ4v) is 20.9. The van der Waals surface area contributed by atoms with Crippen LogP contribution in [0.2, 0.25) is 0 Å². The molecule has 0 saturated carbocycles. The van der Waals surface area contributed by atoms with Crippen LogP contribution >= 0.6 is 138 Å². The van der Waals surface area contributed by atoms with Crippen LogP contribution in [0.25, 0.3) is 89.5 Å². The highest BCUT2D eigenvalue weighted by Gasteiger charge is 2.48. The third kappa shape index (κ3) is 23.9. The van der Waals surface area contributed by atoms with Crippen molar-refractivity contribution >= 4 is 138 Å². The second-order valence-corrected chi connectivity index (χ2v) is 41.7. The molecule has 18 nitrogen and oxygen atoms in total. The lowest BCUT2D eigenvalue weighted by atomic mass is 9.67. The van der Waals surface area contributed by atoms with Crippen molar-refractivity contribution in [3.63, 3.8) is 0 Å². The number of hydrogen-bond donors (Lipinski definition) is 4. The molecule has 0 spiro atoms. The summed E-state index contributed by atoms with van der Waals surface area (Å²) >= 11 is 0. The monoisotopic (exact) mass is 2120 g/mol. The predicted octanol–water partition coefficient (Wildman–Crippen LogP) is 21.0. The summed E-state index contributed by atoms with van der Waals surface area (Å²) in [6, 6.07) is 104. The fourth-order valence-electron chi connectivity index (χ4n) is 17.6. The van der Waals surface area contributed by atoms with Crippen molar-refractivity contribution in [1.29, 1.82) is 0 Å². The summed E-state index contributed by atoms with van der Waals surface area (Å²) in [5, 5.41) is 0. The number of pyridine rings is 8. The van der Waals surface area contributed by atoms with Crippen molar-refractivity contribution in [3.05, 3.63) is 435 Å². The van der Waals surface area contributed by atoms with Gasteiger partial charge in [-0.1, -0.05) is 146 Å². The minimum absolute atomic E-state index is 0. The van der Waals surface area contributed by atoms with Gasteiger partial charge in [0.25, 0.3) is 0 Å². The van der Waals surface area contributed by atoms with Gasteiger partial charge in [-0.05, 0) is 138 Å². The van der Waals surface area contributed by atoms with Gasteiger partial charge in [0.2, 0.25) is 22.7 Å². The van der Waals surface area contributed by atoms with Crippen LogP contribution in [-0.2, 0) is 64.3 Å². The number of nitrogens with zero attached hydrogens (tertiary/aromatic N) is 8. The smallest absolute Gasteiger partial charge is 0.324 e. The summed E-state index contributed by atoms with van der Waals surface area (Å²) < 4.78 is 74.9. The third-order valence-corrected chi connectivity index (χ3v) is 28.9. The first-order valence-corrected chi connectivity index (χ1v) is 50.5.